The van der Waals surface area contributed by atoms with E-state index >= 15 is 0 Å². The zero-order chi connectivity index (χ0) is 11.4. The SMILES string of the molecule is COC(=O)C(Cl)Cc1cccc(Cl)c1Br. The molecular formula is C10H9BrCl2O2. The molecule has 0 fully saturated rings. The van der Waals surface area contributed by atoms with Crippen LogP contribution in [0.1, 0.15) is 5.56 Å². The first-order chi connectivity index (χ1) is 7.06. The van der Waals surface area contributed by atoms with Gasteiger partial charge in [0, 0.05) is 10.9 Å². The van der Waals surface area contributed by atoms with E-state index in [1.165, 1.54) is 7.11 Å². The number of alkyl halides is 1. The van der Waals surface area contributed by atoms with Crippen LogP contribution in [-0.2, 0) is 16.0 Å². The largest absolute Gasteiger partial charge is 0.468 e. The zero-order valence-electron chi connectivity index (χ0n) is 7.97. The number of halogens is 3. The van der Waals surface area contributed by atoms with E-state index in [0.29, 0.717) is 11.4 Å². The number of carbonyl (C=O) groups is 1. The molecule has 1 unspecified atom stereocenters. The van der Waals surface area contributed by atoms with Gasteiger partial charge in [-0.2, -0.15) is 0 Å². The summed E-state index contributed by atoms with van der Waals surface area (Å²) in [7, 11) is 1.31. The van der Waals surface area contributed by atoms with Crippen molar-refractivity contribution in [3.8, 4) is 0 Å². The van der Waals surface area contributed by atoms with Crippen LogP contribution in [0, 0.1) is 0 Å². The summed E-state index contributed by atoms with van der Waals surface area (Å²) in [6, 6.07) is 5.42. The van der Waals surface area contributed by atoms with E-state index < -0.39 is 11.3 Å². The smallest absolute Gasteiger partial charge is 0.324 e. The number of hydrogen-bond acceptors (Lipinski definition) is 2. The van der Waals surface area contributed by atoms with Crippen LogP contribution in [0.5, 0.6) is 0 Å². The maximum absolute atomic E-state index is 11.1. The first kappa shape index (κ1) is 12.8. The van der Waals surface area contributed by atoms with Crippen LogP contribution in [0.4, 0.5) is 0 Å². The molecule has 2 nitrogen and oxygen atoms in total. The predicted octanol–water partition coefficient (Wildman–Crippen LogP) is 3.43. The lowest BCUT2D eigenvalue weighted by Crippen LogP contribution is -2.18. The predicted molar refractivity (Wildman–Crippen MR) is 64.5 cm³/mol. The maximum atomic E-state index is 11.1. The minimum atomic E-state index is -0.690. The quantitative estimate of drug-likeness (QED) is 0.631. The fraction of sp³-hybridized carbons (Fsp3) is 0.300. The second kappa shape index (κ2) is 5.73. The first-order valence-corrected chi connectivity index (χ1v) is 5.81. The number of esters is 1. The van der Waals surface area contributed by atoms with E-state index in [4.69, 9.17) is 23.2 Å². The van der Waals surface area contributed by atoms with Crippen molar-refractivity contribution in [2.75, 3.05) is 7.11 Å². The minimum absolute atomic E-state index is 0.384. The van der Waals surface area contributed by atoms with Gasteiger partial charge in [0.05, 0.1) is 12.1 Å². The molecule has 0 saturated carbocycles. The average molecular weight is 312 g/mol. The van der Waals surface area contributed by atoms with Crippen LogP contribution < -0.4 is 0 Å². The summed E-state index contributed by atoms with van der Waals surface area (Å²) in [5, 5.41) is -0.0917. The van der Waals surface area contributed by atoms with Gasteiger partial charge in [0.2, 0.25) is 0 Å². The van der Waals surface area contributed by atoms with Gasteiger partial charge < -0.3 is 4.74 Å². The normalized spacial score (nSPS) is 12.3. The molecule has 0 aliphatic carbocycles. The Morgan fingerprint density at radius 1 is 1.60 bits per heavy atom. The summed E-state index contributed by atoms with van der Waals surface area (Å²) in [5.74, 6) is -0.441. The molecule has 0 aliphatic heterocycles. The van der Waals surface area contributed by atoms with Crippen LogP contribution in [0.25, 0.3) is 0 Å². The molecule has 15 heavy (non-hydrogen) atoms. The molecule has 5 heteroatoms. The Morgan fingerprint density at radius 2 is 2.27 bits per heavy atom. The number of ether oxygens (including phenoxy) is 1. The number of rotatable bonds is 3. The first-order valence-electron chi connectivity index (χ1n) is 4.21. The van der Waals surface area contributed by atoms with Crippen molar-refractivity contribution in [2.24, 2.45) is 0 Å². The third-order valence-corrected chi connectivity index (χ3v) is 3.70. The van der Waals surface area contributed by atoms with Crippen molar-refractivity contribution in [3.05, 3.63) is 33.3 Å². The van der Waals surface area contributed by atoms with Gasteiger partial charge in [-0.3, -0.25) is 4.79 Å². The van der Waals surface area contributed by atoms with Gasteiger partial charge in [-0.15, -0.1) is 11.6 Å². The van der Waals surface area contributed by atoms with Gasteiger partial charge in [0.1, 0.15) is 5.38 Å². The van der Waals surface area contributed by atoms with Gasteiger partial charge in [0.25, 0.3) is 0 Å². The molecule has 0 spiro atoms. The van der Waals surface area contributed by atoms with Crippen LogP contribution in [0.3, 0.4) is 0 Å². The van der Waals surface area contributed by atoms with Crippen molar-refractivity contribution in [1.29, 1.82) is 0 Å². The molecule has 1 atom stereocenters. The lowest BCUT2D eigenvalue weighted by molar-refractivity contribution is -0.140. The molecule has 0 amide bonds. The Balaban J connectivity index is 2.81. The highest BCUT2D eigenvalue weighted by atomic mass is 79.9. The Bertz CT molecular complexity index is 368. The van der Waals surface area contributed by atoms with Crippen LogP contribution in [0.15, 0.2) is 22.7 Å². The molecule has 1 aromatic rings. The van der Waals surface area contributed by atoms with Crippen LogP contribution >= 0.6 is 39.1 Å². The summed E-state index contributed by atoms with van der Waals surface area (Å²) < 4.78 is 5.30. The molecule has 0 saturated heterocycles. The van der Waals surface area contributed by atoms with E-state index in [0.717, 1.165) is 10.0 Å². The van der Waals surface area contributed by atoms with Crippen molar-refractivity contribution in [2.45, 2.75) is 11.8 Å². The van der Waals surface area contributed by atoms with Gasteiger partial charge in [0.15, 0.2) is 0 Å². The molecule has 1 aromatic carbocycles. The van der Waals surface area contributed by atoms with Crippen molar-refractivity contribution >= 4 is 45.1 Å². The second-order valence-electron chi connectivity index (χ2n) is 2.91. The van der Waals surface area contributed by atoms with E-state index in [2.05, 4.69) is 20.7 Å². The molecule has 0 aromatic heterocycles. The van der Waals surface area contributed by atoms with Gasteiger partial charge >= 0.3 is 5.97 Å². The summed E-state index contributed by atoms with van der Waals surface area (Å²) in [6.45, 7) is 0. The second-order valence-corrected chi connectivity index (χ2v) is 4.63. The van der Waals surface area contributed by atoms with Crippen LogP contribution in [-0.4, -0.2) is 18.5 Å². The number of methoxy groups -OCH3 is 1. The Morgan fingerprint density at radius 3 is 2.87 bits per heavy atom. The highest BCUT2D eigenvalue weighted by Crippen LogP contribution is 2.27. The Labute approximate surface area is 107 Å². The molecular weight excluding hydrogens is 303 g/mol. The molecule has 0 aliphatic rings. The highest BCUT2D eigenvalue weighted by molar-refractivity contribution is 9.10. The maximum Gasteiger partial charge on any atom is 0.324 e. The molecule has 82 valence electrons. The van der Waals surface area contributed by atoms with Gasteiger partial charge in [-0.25, -0.2) is 0 Å². The van der Waals surface area contributed by atoms with Gasteiger partial charge in [-0.05, 0) is 27.6 Å². The fourth-order valence-corrected chi connectivity index (χ4v) is 1.99. The van der Waals surface area contributed by atoms with Crippen LogP contribution in [0.2, 0.25) is 5.02 Å². The fourth-order valence-electron chi connectivity index (χ4n) is 1.11. The van der Waals surface area contributed by atoms with E-state index in [9.17, 15) is 4.79 Å². The molecule has 0 heterocycles. The molecule has 0 bridgehead atoms. The summed E-state index contributed by atoms with van der Waals surface area (Å²) in [5.41, 5.74) is 0.882. The van der Waals surface area contributed by atoms with Crippen molar-refractivity contribution in [3.63, 3.8) is 0 Å². The lowest BCUT2D eigenvalue weighted by Gasteiger charge is -2.09. The van der Waals surface area contributed by atoms with Crippen molar-refractivity contribution < 1.29 is 9.53 Å². The monoisotopic (exact) mass is 310 g/mol. The summed E-state index contributed by atoms with van der Waals surface area (Å²) in [4.78, 5) is 11.1. The molecule has 1 rings (SSSR count). The lowest BCUT2D eigenvalue weighted by atomic mass is 10.1. The standard InChI is InChI=1S/C10H9BrCl2O2/c1-15-10(14)8(13)5-6-3-2-4-7(12)9(6)11/h2-4,8H,5H2,1H3. The zero-order valence-corrected chi connectivity index (χ0v) is 11.1. The van der Waals surface area contributed by atoms with Gasteiger partial charge in [-0.1, -0.05) is 23.7 Å². The average Bonchev–Trinajstić information content (AvgIpc) is 2.23. The third kappa shape index (κ3) is 3.37. The highest BCUT2D eigenvalue weighted by Gasteiger charge is 2.18. The number of hydrogen-bond donors (Lipinski definition) is 0. The Kier molecular flexibility index (Phi) is 4.90. The van der Waals surface area contributed by atoms with E-state index in [1.54, 1.807) is 6.07 Å². The summed E-state index contributed by atoms with van der Waals surface area (Å²) >= 11 is 15.1. The molecule has 0 N–H and O–H groups in total. The minimum Gasteiger partial charge on any atom is -0.468 e. The number of benzene rings is 1. The third-order valence-electron chi connectivity index (χ3n) is 1.89. The molecule has 0 radical (unpaired) electrons. The Hall–Kier alpha value is -0.250. The topological polar surface area (TPSA) is 26.3 Å². The van der Waals surface area contributed by atoms with Crippen molar-refractivity contribution in [1.82, 2.24) is 0 Å². The van der Waals surface area contributed by atoms with E-state index in [-0.39, 0.29) is 0 Å². The summed E-state index contributed by atoms with van der Waals surface area (Å²) in [6.07, 6.45) is 0.384. The number of carbonyl (C=O) groups excluding carboxylic acids is 1. The van der Waals surface area contributed by atoms with E-state index in [1.807, 2.05) is 12.1 Å².